The van der Waals surface area contributed by atoms with Gasteiger partial charge in [-0.25, -0.2) is 0 Å². The van der Waals surface area contributed by atoms with E-state index in [2.05, 4.69) is 66.0 Å². The molecule has 1 aliphatic rings. The molecule has 0 aromatic heterocycles. The van der Waals surface area contributed by atoms with Crippen molar-refractivity contribution in [3.8, 4) is 0 Å². The van der Waals surface area contributed by atoms with E-state index in [1.165, 1.54) is 46.8 Å². The minimum atomic E-state index is 0.884. The summed E-state index contributed by atoms with van der Waals surface area (Å²) in [5, 5.41) is 3.53. The summed E-state index contributed by atoms with van der Waals surface area (Å²) in [6.45, 7) is 2.06. The van der Waals surface area contributed by atoms with Crippen LogP contribution in [0.25, 0.3) is 0 Å². The number of aryl methyl sites for hydroxylation is 1. The maximum atomic E-state index is 3.53. The SMILES string of the molecule is CSc1cccc(NCc2ccc3c(c2)CCCN3C)c1. The topological polar surface area (TPSA) is 15.3 Å². The van der Waals surface area contributed by atoms with Gasteiger partial charge in [0.05, 0.1) is 0 Å². The van der Waals surface area contributed by atoms with Gasteiger partial charge in [-0.1, -0.05) is 18.2 Å². The van der Waals surface area contributed by atoms with Crippen LogP contribution >= 0.6 is 11.8 Å². The van der Waals surface area contributed by atoms with E-state index in [1.807, 2.05) is 0 Å². The van der Waals surface area contributed by atoms with E-state index in [-0.39, 0.29) is 0 Å². The number of benzene rings is 2. The molecule has 0 fully saturated rings. The molecular formula is C18H22N2S. The molecule has 1 aliphatic heterocycles. The van der Waals surface area contributed by atoms with Crippen molar-refractivity contribution in [3.05, 3.63) is 53.6 Å². The van der Waals surface area contributed by atoms with E-state index in [0.717, 1.165) is 6.54 Å². The minimum absolute atomic E-state index is 0.884. The van der Waals surface area contributed by atoms with E-state index in [4.69, 9.17) is 0 Å². The zero-order valence-corrected chi connectivity index (χ0v) is 13.5. The quantitative estimate of drug-likeness (QED) is 0.842. The molecule has 2 nitrogen and oxygen atoms in total. The Bertz CT molecular complexity index is 624. The predicted molar refractivity (Wildman–Crippen MR) is 93.6 cm³/mol. The molecule has 0 aliphatic carbocycles. The zero-order valence-electron chi connectivity index (χ0n) is 12.7. The first-order valence-electron chi connectivity index (χ1n) is 7.47. The van der Waals surface area contributed by atoms with Crippen molar-refractivity contribution in [3.63, 3.8) is 0 Å². The molecule has 0 bridgehead atoms. The standard InChI is InChI=1S/C18H22N2S/c1-20-10-4-5-15-11-14(8-9-18(15)20)13-19-16-6-3-7-17(12-16)21-2/h3,6-9,11-12,19H,4-5,10,13H2,1-2H3. The molecule has 2 aromatic rings. The lowest BCUT2D eigenvalue weighted by molar-refractivity contribution is 0.743. The van der Waals surface area contributed by atoms with Gasteiger partial charge in [0.1, 0.15) is 0 Å². The summed E-state index contributed by atoms with van der Waals surface area (Å²) in [5.41, 5.74) is 5.44. The molecule has 0 unspecified atom stereocenters. The summed E-state index contributed by atoms with van der Waals surface area (Å²) in [4.78, 5) is 3.66. The van der Waals surface area contributed by atoms with Crippen LogP contribution in [0.4, 0.5) is 11.4 Å². The van der Waals surface area contributed by atoms with Crippen LogP contribution in [-0.4, -0.2) is 19.8 Å². The molecule has 3 heteroatoms. The summed E-state index contributed by atoms with van der Waals surface area (Å²) in [5.74, 6) is 0. The lowest BCUT2D eigenvalue weighted by Gasteiger charge is -2.27. The van der Waals surface area contributed by atoms with Gasteiger partial charge in [-0.05, 0) is 54.5 Å². The summed E-state index contributed by atoms with van der Waals surface area (Å²) < 4.78 is 0. The van der Waals surface area contributed by atoms with Crippen molar-refractivity contribution < 1.29 is 0 Å². The number of fused-ring (bicyclic) bond motifs is 1. The molecule has 0 atom stereocenters. The number of hydrogen-bond donors (Lipinski definition) is 1. The maximum absolute atomic E-state index is 3.53. The first kappa shape index (κ1) is 14.3. The van der Waals surface area contributed by atoms with E-state index >= 15 is 0 Å². The molecule has 0 saturated carbocycles. The zero-order chi connectivity index (χ0) is 14.7. The highest BCUT2D eigenvalue weighted by atomic mass is 32.2. The van der Waals surface area contributed by atoms with Crippen molar-refractivity contribution in [2.75, 3.05) is 30.1 Å². The Hall–Kier alpha value is -1.61. The molecule has 21 heavy (non-hydrogen) atoms. The second kappa shape index (κ2) is 6.44. The molecule has 0 radical (unpaired) electrons. The fraction of sp³-hybridized carbons (Fsp3) is 0.333. The van der Waals surface area contributed by atoms with Crippen LogP contribution in [0.2, 0.25) is 0 Å². The van der Waals surface area contributed by atoms with Crippen LogP contribution in [0.15, 0.2) is 47.4 Å². The highest BCUT2D eigenvalue weighted by Gasteiger charge is 2.13. The average molecular weight is 298 g/mol. The van der Waals surface area contributed by atoms with Gasteiger partial charge < -0.3 is 10.2 Å². The van der Waals surface area contributed by atoms with E-state index < -0.39 is 0 Å². The predicted octanol–water partition coefficient (Wildman–Crippen LogP) is 4.40. The first-order valence-corrected chi connectivity index (χ1v) is 8.69. The lowest BCUT2D eigenvalue weighted by atomic mass is 9.99. The van der Waals surface area contributed by atoms with Crippen LogP contribution in [-0.2, 0) is 13.0 Å². The average Bonchev–Trinajstić information content (AvgIpc) is 2.53. The normalized spacial score (nSPS) is 13.9. The van der Waals surface area contributed by atoms with Gasteiger partial charge in [0.15, 0.2) is 0 Å². The summed E-state index contributed by atoms with van der Waals surface area (Å²) in [7, 11) is 2.18. The first-order chi connectivity index (χ1) is 10.3. The minimum Gasteiger partial charge on any atom is -0.381 e. The maximum Gasteiger partial charge on any atom is 0.0400 e. The Morgan fingerprint density at radius 3 is 2.95 bits per heavy atom. The number of nitrogens with one attached hydrogen (secondary N) is 1. The van der Waals surface area contributed by atoms with Gasteiger partial charge in [0, 0.05) is 36.4 Å². The molecule has 1 heterocycles. The Kier molecular flexibility index (Phi) is 4.39. The molecule has 110 valence electrons. The Labute approximate surface area is 131 Å². The van der Waals surface area contributed by atoms with Crippen LogP contribution < -0.4 is 10.2 Å². The van der Waals surface area contributed by atoms with Crippen molar-refractivity contribution in [2.45, 2.75) is 24.3 Å². The third-order valence-corrected chi connectivity index (χ3v) is 4.79. The third-order valence-electron chi connectivity index (χ3n) is 4.06. The largest absolute Gasteiger partial charge is 0.381 e. The molecule has 0 spiro atoms. The third kappa shape index (κ3) is 3.35. The van der Waals surface area contributed by atoms with Crippen LogP contribution in [0, 0.1) is 0 Å². The van der Waals surface area contributed by atoms with Crippen LogP contribution in [0.1, 0.15) is 17.5 Å². The van der Waals surface area contributed by atoms with Crippen LogP contribution in [0.3, 0.4) is 0 Å². The smallest absolute Gasteiger partial charge is 0.0400 e. The second-order valence-corrected chi connectivity index (χ2v) is 6.45. The van der Waals surface area contributed by atoms with Crippen molar-refractivity contribution in [2.24, 2.45) is 0 Å². The number of hydrogen-bond acceptors (Lipinski definition) is 3. The summed E-state index contributed by atoms with van der Waals surface area (Å²) in [6, 6.07) is 15.5. The number of anilines is 2. The van der Waals surface area contributed by atoms with Crippen LogP contribution in [0.5, 0.6) is 0 Å². The molecular weight excluding hydrogens is 276 g/mol. The fourth-order valence-electron chi connectivity index (χ4n) is 2.89. The van der Waals surface area contributed by atoms with Crippen molar-refractivity contribution in [1.29, 1.82) is 0 Å². The molecule has 1 N–H and O–H groups in total. The number of rotatable bonds is 4. The van der Waals surface area contributed by atoms with Gasteiger partial charge >= 0.3 is 0 Å². The van der Waals surface area contributed by atoms with E-state index in [0.29, 0.717) is 0 Å². The molecule has 0 amide bonds. The Morgan fingerprint density at radius 2 is 2.10 bits per heavy atom. The van der Waals surface area contributed by atoms with Gasteiger partial charge in [0.2, 0.25) is 0 Å². The fourth-order valence-corrected chi connectivity index (χ4v) is 3.35. The monoisotopic (exact) mass is 298 g/mol. The molecule has 0 saturated heterocycles. The van der Waals surface area contributed by atoms with Crippen molar-refractivity contribution >= 4 is 23.1 Å². The number of nitrogens with zero attached hydrogens (tertiary/aromatic N) is 1. The van der Waals surface area contributed by atoms with E-state index in [9.17, 15) is 0 Å². The summed E-state index contributed by atoms with van der Waals surface area (Å²) in [6.07, 6.45) is 4.57. The van der Waals surface area contributed by atoms with Crippen molar-refractivity contribution in [1.82, 2.24) is 0 Å². The second-order valence-electron chi connectivity index (χ2n) is 5.57. The number of thioether (sulfide) groups is 1. The Balaban J connectivity index is 1.70. The lowest BCUT2D eigenvalue weighted by Crippen LogP contribution is -2.24. The Morgan fingerprint density at radius 1 is 1.19 bits per heavy atom. The van der Waals surface area contributed by atoms with Gasteiger partial charge in [-0.2, -0.15) is 0 Å². The summed E-state index contributed by atoms with van der Waals surface area (Å²) >= 11 is 1.78. The van der Waals surface area contributed by atoms with Gasteiger partial charge in [-0.3, -0.25) is 0 Å². The molecule has 3 rings (SSSR count). The van der Waals surface area contributed by atoms with E-state index in [1.54, 1.807) is 11.8 Å². The van der Waals surface area contributed by atoms with Gasteiger partial charge in [0.25, 0.3) is 0 Å². The molecule has 2 aromatic carbocycles. The highest BCUT2D eigenvalue weighted by Crippen LogP contribution is 2.27. The van der Waals surface area contributed by atoms with Gasteiger partial charge in [-0.15, -0.1) is 11.8 Å². The highest BCUT2D eigenvalue weighted by molar-refractivity contribution is 7.98.